The monoisotopic (exact) mass is 257 g/mol. The van der Waals surface area contributed by atoms with Crippen LogP contribution in [-0.2, 0) is 10.8 Å². The second kappa shape index (κ2) is 5.83. The van der Waals surface area contributed by atoms with Gasteiger partial charge in [0.15, 0.2) is 0 Å². The van der Waals surface area contributed by atoms with Crippen LogP contribution < -0.4 is 5.32 Å². The van der Waals surface area contributed by atoms with Crippen LogP contribution in [0.1, 0.15) is 58.3 Å². The first-order valence-electron chi connectivity index (χ1n) is 7.17. The maximum absolute atomic E-state index is 11.3. The summed E-state index contributed by atoms with van der Waals surface area (Å²) in [5, 5.41) is 3.91. The topological polar surface area (TPSA) is 29.1 Å². The summed E-state index contributed by atoms with van der Waals surface area (Å²) in [6.07, 6.45) is 13.2. The zero-order valence-corrected chi connectivity index (χ0v) is 12.2. The largest absolute Gasteiger partial charge is 0.313 e. The van der Waals surface area contributed by atoms with E-state index in [1.54, 1.807) is 6.26 Å². The van der Waals surface area contributed by atoms with Gasteiger partial charge in [-0.1, -0.05) is 12.8 Å². The molecule has 2 rings (SSSR count). The Balaban J connectivity index is 1.70. The highest BCUT2D eigenvalue weighted by atomic mass is 32.2. The molecule has 1 N–H and O–H groups in total. The van der Waals surface area contributed by atoms with E-state index >= 15 is 0 Å². The Labute approximate surface area is 108 Å². The summed E-state index contributed by atoms with van der Waals surface area (Å²) in [5.74, 6) is 0. The van der Waals surface area contributed by atoms with Gasteiger partial charge in [0, 0.05) is 34.9 Å². The Morgan fingerprint density at radius 1 is 1.24 bits per heavy atom. The molecule has 2 aliphatic carbocycles. The summed E-state index contributed by atoms with van der Waals surface area (Å²) in [6.45, 7) is 2.99. The number of rotatable bonds is 4. The summed E-state index contributed by atoms with van der Waals surface area (Å²) < 4.78 is 11.3. The summed E-state index contributed by atoms with van der Waals surface area (Å²) in [6, 6.07) is 0.687. The van der Waals surface area contributed by atoms with Crippen LogP contribution in [-0.4, -0.2) is 28.3 Å². The first-order chi connectivity index (χ1) is 8.11. The molecular formula is C14H27NOS. The van der Waals surface area contributed by atoms with E-state index < -0.39 is 10.8 Å². The predicted molar refractivity (Wildman–Crippen MR) is 74.7 cm³/mol. The SMILES string of the molecule is CC(CNC1CCC2(CCCC2)CC1)S(C)=O. The highest BCUT2D eigenvalue weighted by molar-refractivity contribution is 7.84. The first kappa shape index (κ1) is 13.5. The van der Waals surface area contributed by atoms with Crippen LogP contribution >= 0.6 is 0 Å². The van der Waals surface area contributed by atoms with E-state index in [4.69, 9.17) is 0 Å². The fraction of sp³-hybridized carbons (Fsp3) is 1.00. The van der Waals surface area contributed by atoms with Crippen molar-refractivity contribution in [3.63, 3.8) is 0 Å². The Bertz CT molecular complexity index is 263. The number of hydrogen-bond acceptors (Lipinski definition) is 2. The van der Waals surface area contributed by atoms with E-state index in [9.17, 15) is 4.21 Å². The van der Waals surface area contributed by atoms with Gasteiger partial charge in [-0.2, -0.15) is 0 Å². The van der Waals surface area contributed by atoms with E-state index in [1.165, 1.54) is 51.4 Å². The van der Waals surface area contributed by atoms with Gasteiger partial charge in [-0.3, -0.25) is 4.21 Å². The second-order valence-electron chi connectivity index (χ2n) is 6.20. The molecule has 2 aliphatic rings. The average Bonchev–Trinajstić information content (AvgIpc) is 2.76. The Morgan fingerprint density at radius 3 is 2.35 bits per heavy atom. The Kier molecular flexibility index (Phi) is 4.65. The van der Waals surface area contributed by atoms with E-state index in [1.807, 2.05) is 0 Å². The van der Waals surface area contributed by atoms with Crippen molar-refractivity contribution in [1.29, 1.82) is 0 Å². The van der Waals surface area contributed by atoms with Crippen molar-refractivity contribution in [2.45, 2.75) is 69.6 Å². The summed E-state index contributed by atoms with van der Waals surface area (Å²) in [5.41, 5.74) is 0.734. The third kappa shape index (κ3) is 3.54. The Morgan fingerprint density at radius 2 is 1.82 bits per heavy atom. The molecule has 2 atom stereocenters. The molecule has 1 spiro atoms. The highest BCUT2D eigenvalue weighted by Crippen LogP contribution is 2.48. The predicted octanol–water partition coefficient (Wildman–Crippen LogP) is 2.85. The quantitative estimate of drug-likeness (QED) is 0.839. The number of nitrogens with one attached hydrogen (secondary N) is 1. The molecule has 0 aromatic heterocycles. The third-order valence-corrected chi connectivity index (χ3v) is 6.27. The van der Waals surface area contributed by atoms with E-state index in [-0.39, 0.29) is 5.25 Å². The van der Waals surface area contributed by atoms with E-state index in [0.29, 0.717) is 6.04 Å². The van der Waals surface area contributed by atoms with Gasteiger partial charge in [-0.05, 0) is 50.9 Å². The lowest BCUT2D eigenvalue weighted by Gasteiger charge is -2.37. The van der Waals surface area contributed by atoms with Crippen molar-refractivity contribution in [3.8, 4) is 0 Å². The van der Waals surface area contributed by atoms with Crippen molar-refractivity contribution in [3.05, 3.63) is 0 Å². The molecule has 100 valence electrons. The normalized spacial score (nSPS) is 28.4. The molecule has 0 aliphatic heterocycles. The molecule has 0 bridgehead atoms. The van der Waals surface area contributed by atoms with Crippen LogP contribution in [0, 0.1) is 5.41 Å². The van der Waals surface area contributed by atoms with Crippen LogP contribution in [0.2, 0.25) is 0 Å². The van der Waals surface area contributed by atoms with Gasteiger partial charge in [0.1, 0.15) is 0 Å². The number of hydrogen-bond donors (Lipinski definition) is 1. The van der Waals surface area contributed by atoms with Gasteiger partial charge >= 0.3 is 0 Å². The fourth-order valence-electron chi connectivity index (χ4n) is 3.51. The molecule has 0 aromatic rings. The van der Waals surface area contributed by atoms with Crippen molar-refractivity contribution >= 4 is 10.8 Å². The average molecular weight is 257 g/mol. The van der Waals surface area contributed by atoms with Crippen LogP contribution in [0.4, 0.5) is 0 Å². The lowest BCUT2D eigenvalue weighted by molar-refractivity contribution is 0.169. The molecule has 2 fully saturated rings. The molecular weight excluding hydrogens is 230 g/mol. The minimum atomic E-state index is -0.686. The van der Waals surface area contributed by atoms with Gasteiger partial charge in [-0.15, -0.1) is 0 Å². The minimum Gasteiger partial charge on any atom is -0.313 e. The molecule has 2 nitrogen and oxygen atoms in total. The smallest absolute Gasteiger partial charge is 0.0441 e. The zero-order chi connectivity index (χ0) is 12.3. The van der Waals surface area contributed by atoms with E-state index in [2.05, 4.69) is 12.2 Å². The van der Waals surface area contributed by atoms with Crippen molar-refractivity contribution in [2.75, 3.05) is 12.8 Å². The van der Waals surface area contributed by atoms with Crippen LogP contribution in [0.5, 0.6) is 0 Å². The summed E-state index contributed by atoms with van der Waals surface area (Å²) in [4.78, 5) is 0. The molecule has 0 radical (unpaired) electrons. The highest BCUT2D eigenvalue weighted by Gasteiger charge is 2.37. The molecule has 0 amide bonds. The van der Waals surface area contributed by atoms with Gasteiger partial charge in [0.2, 0.25) is 0 Å². The lowest BCUT2D eigenvalue weighted by atomic mass is 9.71. The minimum absolute atomic E-state index is 0.289. The van der Waals surface area contributed by atoms with Crippen molar-refractivity contribution in [2.24, 2.45) is 5.41 Å². The first-order valence-corrected chi connectivity index (χ1v) is 8.79. The maximum Gasteiger partial charge on any atom is 0.0441 e. The fourth-order valence-corrected chi connectivity index (χ4v) is 3.84. The van der Waals surface area contributed by atoms with Gasteiger partial charge < -0.3 is 5.32 Å². The lowest BCUT2D eigenvalue weighted by Crippen LogP contribution is -2.40. The van der Waals surface area contributed by atoms with Crippen LogP contribution in [0.15, 0.2) is 0 Å². The van der Waals surface area contributed by atoms with E-state index in [0.717, 1.165) is 12.0 Å². The van der Waals surface area contributed by atoms with Crippen molar-refractivity contribution < 1.29 is 4.21 Å². The molecule has 3 heteroatoms. The van der Waals surface area contributed by atoms with Crippen molar-refractivity contribution in [1.82, 2.24) is 5.32 Å². The maximum atomic E-state index is 11.3. The summed E-state index contributed by atoms with van der Waals surface area (Å²) >= 11 is 0. The van der Waals surface area contributed by atoms with Gasteiger partial charge in [-0.25, -0.2) is 0 Å². The van der Waals surface area contributed by atoms with Gasteiger partial charge in [0.25, 0.3) is 0 Å². The summed E-state index contributed by atoms with van der Waals surface area (Å²) in [7, 11) is -0.686. The third-order valence-electron chi connectivity index (χ3n) is 4.97. The van der Waals surface area contributed by atoms with Gasteiger partial charge in [0.05, 0.1) is 0 Å². The molecule has 17 heavy (non-hydrogen) atoms. The molecule has 0 saturated heterocycles. The zero-order valence-electron chi connectivity index (χ0n) is 11.3. The molecule has 0 heterocycles. The van der Waals surface area contributed by atoms with Crippen LogP contribution in [0.25, 0.3) is 0 Å². The molecule has 2 saturated carbocycles. The second-order valence-corrected chi connectivity index (χ2v) is 8.00. The molecule has 2 unspecified atom stereocenters. The Hall–Kier alpha value is 0.110. The van der Waals surface area contributed by atoms with Crippen LogP contribution in [0.3, 0.4) is 0 Å². The molecule has 0 aromatic carbocycles. The standard InChI is InChI=1S/C14H27NOS/c1-12(17(2)16)11-15-13-5-9-14(10-6-13)7-3-4-8-14/h12-13,15H,3-11H2,1-2H3.